The Balaban J connectivity index is 1.83. The molecule has 0 bridgehead atoms. The summed E-state index contributed by atoms with van der Waals surface area (Å²) in [4.78, 5) is 10.0. The number of aryl methyl sites for hydroxylation is 1. The molecule has 5 aromatic rings. The van der Waals surface area contributed by atoms with Crippen molar-refractivity contribution in [2.24, 2.45) is 7.05 Å². The lowest BCUT2D eigenvalue weighted by Gasteiger charge is -2.23. The van der Waals surface area contributed by atoms with E-state index < -0.39 is 16.1 Å². The minimum Gasteiger partial charge on any atom is -0.507 e. The zero-order valence-corrected chi connectivity index (χ0v) is 28.2. The van der Waals surface area contributed by atoms with E-state index in [9.17, 15) is 5.11 Å². The van der Waals surface area contributed by atoms with Gasteiger partial charge in [0.2, 0.25) is 0 Å². The predicted octanol–water partition coefficient (Wildman–Crippen LogP) is 8.06. The molecule has 0 radical (unpaired) electrons. The van der Waals surface area contributed by atoms with Gasteiger partial charge in [0, 0.05) is 24.4 Å². The van der Waals surface area contributed by atoms with Crippen molar-refractivity contribution in [2.75, 3.05) is 0 Å². The van der Waals surface area contributed by atoms with Gasteiger partial charge in [0.25, 0.3) is 0 Å². The molecule has 41 heavy (non-hydrogen) atoms. The van der Waals surface area contributed by atoms with Crippen LogP contribution in [0.25, 0.3) is 44.8 Å². The highest BCUT2D eigenvalue weighted by Gasteiger charge is 2.25. The molecule has 4 nitrogen and oxygen atoms in total. The second-order valence-electron chi connectivity index (χ2n) is 14.4. The van der Waals surface area contributed by atoms with Crippen LogP contribution in [0.2, 0.25) is 39.3 Å². The van der Waals surface area contributed by atoms with E-state index in [4.69, 9.17) is 9.97 Å². The number of phenols is 1. The zero-order chi connectivity index (χ0) is 29.9. The molecular weight excluding hydrogens is 535 g/mol. The molecular formula is C35H43N3OSi2. The van der Waals surface area contributed by atoms with Gasteiger partial charge in [-0.05, 0) is 59.0 Å². The lowest BCUT2D eigenvalue weighted by atomic mass is 9.83. The monoisotopic (exact) mass is 577 g/mol. The number of pyridine rings is 1. The van der Waals surface area contributed by atoms with Gasteiger partial charge < -0.3 is 9.67 Å². The summed E-state index contributed by atoms with van der Waals surface area (Å²) in [6.07, 6.45) is 1.97. The van der Waals surface area contributed by atoms with Crippen LogP contribution in [0, 0.1) is 0 Å². The fraction of sp³-hybridized carbons (Fsp3) is 0.314. The van der Waals surface area contributed by atoms with Crippen molar-refractivity contribution < 1.29 is 5.11 Å². The van der Waals surface area contributed by atoms with Crippen LogP contribution in [0.15, 0.2) is 72.9 Å². The van der Waals surface area contributed by atoms with Gasteiger partial charge in [0.05, 0.1) is 38.4 Å². The van der Waals surface area contributed by atoms with Crippen molar-refractivity contribution in [3.8, 4) is 39.5 Å². The largest absolute Gasteiger partial charge is 0.507 e. The first-order chi connectivity index (χ1) is 19.0. The lowest BCUT2D eigenvalue weighted by Crippen LogP contribution is -2.37. The van der Waals surface area contributed by atoms with Gasteiger partial charge in [-0.3, -0.25) is 4.98 Å². The molecule has 2 aromatic heterocycles. The Kier molecular flexibility index (Phi) is 7.15. The van der Waals surface area contributed by atoms with Crippen LogP contribution in [0.3, 0.4) is 0 Å². The van der Waals surface area contributed by atoms with Gasteiger partial charge in [-0.1, -0.05) is 94.7 Å². The fourth-order valence-electron chi connectivity index (χ4n) is 5.26. The second kappa shape index (κ2) is 10.1. The van der Waals surface area contributed by atoms with Crippen molar-refractivity contribution >= 4 is 37.6 Å². The van der Waals surface area contributed by atoms with E-state index in [1.54, 1.807) is 6.07 Å². The van der Waals surface area contributed by atoms with E-state index >= 15 is 0 Å². The summed E-state index contributed by atoms with van der Waals surface area (Å²) in [7, 11) is -1.12. The lowest BCUT2D eigenvalue weighted by molar-refractivity contribution is 0.476. The van der Waals surface area contributed by atoms with Crippen LogP contribution in [0.5, 0.6) is 5.75 Å². The van der Waals surface area contributed by atoms with Gasteiger partial charge in [0.1, 0.15) is 11.6 Å². The van der Waals surface area contributed by atoms with Gasteiger partial charge in [-0.15, -0.1) is 0 Å². The second-order valence-corrected chi connectivity index (χ2v) is 24.5. The topological polar surface area (TPSA) is 50.9 Å². The minimum atomic E-state index is -1.67. The van der Waals surface area contributed by atoms with E-state index in [1.807, 2.05) is 24.4 Å². The summed E-state index contributed by atoms with van der Waals surface area (Å²) >= 11 is 0. The van der Waals surface area contributed by atoms with Crippen molar-refractivity contribution in [1.82, 2.24) is 14.5 Å². The Bertz CT molecular complexity index is 1770. The molecule has 0 aliphatic carbocycles. The van der Waals surface area contributed by atoms with Crippen LogP contribution in [0.4, 0.5) is 0 Å². The Hall–Kier alpha value is -3.49. The van der Waals surface area contributed by atoms with Crippen LogP contribution < -0.4 is 10.4 Å². The number of para-hydroxylation sites is 1. The predicted molar refractivity (Wildman–Crippen MR) is 181 cm³/mol. The summed E-state index contributed by atoms with van der Waals surface area (Å²) in [6, 6.07) is 23.6. The number of aromatic nitrogens is 3. The first-order valence-corrected chi connectivity index (χ1v) is 21.5. The van der Waals surface area contributed by atoms with Gasteiger partial charge in [-0.2, -0.15) is 0 Å². The number of imidazole rings is 1. The van der Waals surface area contributed by atoms with Gasteiger partial charge in [-0.25, -0.2) is 4.98 Å². The molecule has 0 aliphatic rings. The molecule has 0 aliphatic heterocycles. The molecule has 2 heterocycles. The fourth-order valence-corrected chi connectivity index (χ4v) is 7.55. The van der Waals surface area contributed by atoms with E-state index in [-0.39, 0.29) is 11.2 Å². The summed E-state index contributed by atoms with van der Waals surface area (Å²) < 4.78 is 2.13. The Morgan fingerprint density at radius 2 is 1.39 bits per heavy atom. The van der Waals surface area contributed by atoms with Crippen molar-refractivity contribution in [2.45, 2.75) is 65.5 Å². The Labute approximate surface area is 247 Å². The maximum atomic E-state index is 10.7. The normalized spacial score (nSPS) is 12.7. The molecule has 3 aromatic carbocycles. The van der Waals surface area contributed by atoms with E-state index in [0.717, 1.165) is 44.8 Å². The number of aromatic hydroxyl groups is 1. The highest BCUT2D eigenvalue weighted by molar-refractivity contribution is 6.89. The molecule has 212 valence electrons. The molecule has 6 heteroatoms. The molecule has 0 amide bonds. The number of nitrogens with zero attached hydrogens (tertiary/aromatic N) is 3. The third-order valence-corrected chi connectivity index (χ3v) is 12.1. The van der Waals surface area contributed by atoms with Crippen molar-refractivity contribution in [3.05, 3.63) is 78.5 Å². The van der Waals surface area contributed by atoms with Crippen LogP contribution in [0.1, 0.15) is 26.3 Å². The molecule has 0 fully saturated rings. The smallest absolute Gasteiger partial charge is 0.144 e. The molecule has 0 unspecified atom stereocenters. The summed E-state index contributed by atoms with van der Waals surface area (Å²) in [5, 5.41) is 13.5. The Morgan fingerprint density at radius 1 is 0.732 bits per heavy atom. The molecule has 5 rings (SSSR count). The maximum absolute atomic E-state index is 10.7. The SMILES string of the molecule is Cn1c(-c2ccccc2O)nc2c(-c3cc(-c4cc([Si](C)(C)C)ccn4)cc(C(C)(C)C)c3)cc([Si](C)(C)C)cc21. The number of phenolic OH excluding ortho intramolecular Hbond substituents is 1. The molecule has 1 N–H and O–H groups in total. The number of rotatable bonds is 5. The summed E-state index contributed by atoms with van der Waals surface area (Å²) in [6.45, 7) is 21.1. The number of hydrogen-bond donors (Lipinski definition) is 1. The first-order valence-electron chi connectivity index (χ1n) is 14.5. The third kappa shape index (κ3) is 5.68. The first kappa shape index (κ1) is 29.0. The standard InChI is InChI=1S/C35H43N3OSi2/c1-35(2,3)25-18-23(17-24(19-25)30-21-26(15-16-36-30)40(5,6)7)29-20-27(41(8,9)10)22-31-33(29)37-34(38(31)4)28-13-11-12-14-32(28)39/h11-22,39H,1-10H3. The average Bonchev–Trinajstić information content (AvgIpc) is 3.23. The number of benzene rings is 3. The van der Waals surface area contributed by atoms with Crippen LogP contribution in [-0.2, 0) is 12.5 Å². The van der Waals surface area contributed by atoms with Crippen molar-refractivity contribution in [1.29, 1.82) is 0 Å². The molecule has 0 saturated carbocycles. The van der Waals surface area contributed by atoms with E-state index in [2.05, 4.69) is 114 Å². The molecule has 0 saturated heterocycles. The van der Waals surface area contributed by atoms with E-state index in [1.165, 1.54) is 15.9 Å². The maximum Gasteiger partial charge on any atom is 0.144 e. The average molecular weight is 578 g/mol. The van der Waals surface area contributed by atoms with E-state index in [0.29, 0.717) is 0 Å². The van der Waals surface area contributed by atoms with Crippen molar-refractivity contribution in [3.63, 3.8) is 0 Å². The van der Waals surface area contributed by atoms with Crippen LogP contribution >= 0.6 is 0 Å². The van der Waals surface area contributed by atoms with Gasteiger partial charge >= 0.3 is 0 Å². The summed E-state index contributed by atoms with van der Waals surface area (Å²) in [5.74, 6) is 1.01. The van der Waals surface area contributed by atoms with Gasteiger partial charge in [0.15, 0.2) is 0 Å². The number of fused-ring (bicyclic) bond motifs is 1. The minimum absolute atomic E-state index is 0.0399. The third-order valence-electron chi connectivity index (χ3n) is 8.03. The highest BCUT2D eigenvalue weighted by atomic mass is 28.3. The zero-order valence-electron chi connectivity index (χ0n) is 26.2. The number of hydrogen-bond acceptors (Lipinski definition) is 3. The molecule has 0 atom stereocenters. The quantitative estimate of drug-likeness (QED) is 0.215. The van der Waals surface area contributed by atoms with Crippen LogP contribution in [-0.4, -0.2) is 35.8 Å². The Morgan fingerprint density at radius 3 is 2.02 bits per heavy atom. The summed E-state index contributed by atoms with van der Waals surface area (Å²) in [5.41, 5.74) is 8.44. The highest BCUT2D eigenvalue weighted by Crippen LogP contribution is 2.38. The molecule has 0 spiro atoms.